The Morgan fingerprint density at radius 3 is 0.273 bits per heavy atom. The van der Waals surface area contributed by atoms with Gasteiger partial charge in [-0.3, -0.25) is 0 Å². The molecule has 0 radical (unpaired) electrons. The highest BCUT2D eigenvalue weighted by Gasteiger charge is 2.61. The van der Waals surface area contributed by atoms with Crippen LogP contribution in [0.25, 0.3) is 0 Å². The van der Waals surface area contributed by atoms with Gasteiger partial charge in [-0.1, -0.05) is 139 Å². The fourth-order valence-electron chi connectivity index (χ4n) is 7.54. The molecule has 1 aliphatic rings. The lowest BCUT2D eigenvalue weighted by atomic mass is 11.0. The first-order chi connectivity index (χ1) is 31.1. The third kappa shape index (κ3) is 14.2. The molecule has 0 aromatic heterocycles. The molecule has 1 aliphatic heterocycles. The van der Waals surface area contributed by atoms with E-state index in [1.807, 2.05) is 139 Å². The Balaban J connectivity index is 4.76. The van der Waals surface area contributed by atoms with Gasteiger partial charge in [0.05, 0.1) is 0 Å². The largest absolute Gasteiger partial charge is 0.409 e. The molecule has 1 saturated heterocycles. The van der Waals surface area contributed by atoms with E-state index < -0.39 is 94.2 Å². The minimum absolute atomic E-state index is 0.496. The third-order valence-corrected chi connectivity index (χ3v) is 60.7. The van der Waals surface area contributed by atoms with E-state index in [0.717, 1.165) is 0 Å². The van der Waals surface area contributed by atoms with E-state index in [-0.39, 0.29) is 0 Å². The fraction of sp³-hybridized carbons (Fsp3) is 0.500. The molecule has 22 heteroatoms. The van der Waals surface area contributed by atoms with Crippen molar-refractivity contribution < 1.29 is 45.3 Å². The summed E-state index contributed by atoms with van der Waals surface area (Å²) in [7, 11) is -38.0. The maximum absolute atomic E-state index is 7.44. The summed E-state index contributed by atoms with van der Waals surface area (Å²) < 4.78 is 81.8. The summed E-state index contributed by atoms with van der Waals surface area (Å²) in [6.07, 6.45) is 0. The highest BCUT2D eigenvalue weighted by molar-refractivity contribution is 7.01. The maximum Gasteiger partial charge on any atom is 0.347 e. The predicted molar refractivity (Wildman–Crippen MR) is 303 cm³/mol. The second-order valence-corrected chi connectivity index (χ2v) is 55.3. The van der Waals surface area contributed by atoms with E-state index in [1.54, 1.807) is 0 Å². The summed E-state index contributed by atoms with van der Waals surface area (Å²) in [6.45, 7) is 70.3. The van der Waals surface area contributed by atoms with Gasteiger partial charge in [-0.05, 0) is 66.5 Å². The highest BCUT2D eigenvalue weighted by atomic mass is 28.5. The summed E-state index contributed by atoms with van der Waals surface area (Å²) in [5, 5.41) is 0. The lowest BCUT2D eigenvalue weighted by Gasteiger charge is -2.49. The zero-order chi connectivity index (χ0) is 50.8. The van der Waals surface area contributed by atoms with E-state index >= 15 is 0 Å². The van der Waals surface area contributed by atoms with Crippen LogP contribution in [-0.2, 0) is 45.3 Å². The van der Waals surface area contributed by atoms with Gasteiger partial charge in [-0.25, -0.2) is 0 Å². The summed E-state index contributed by atoms with van der Waals surface area (Å²) in [4.78, 5) is 0. The topological polar surface area (TPSA) is 102 Å². The first kappa shape index (κ1) is 63.1. The van der Waals surface area contributed by atoms with Crippen LogP contribution in [0.4, 0.5) is 0 Å². The van der Waals surface area contributed by atoms with Crippen LogP contribution in [0.2, 0.25) is 66.5 Å². The Morgan fingerprint density at radius 2 is 0.242 bits per heavy atom. The van der Waals surface area contributed by atoms with E-state index in [9.17, 15) is 0 Å². The lowest BCUT2D eigenvalue weighted by Crippen LogP contribution is -2.68. The molecular weight excluding hydrogens is 1010 g/mol. The van der Waals surface area contributed by atoms with Crippen molar-refractivity contribution in [3.8, 4) is 0 Å². The van der Waals surface area contributed by atoms with Crippen LogP contribution in [-0.4, -0.2) is 94.2 Å². The number of hydrogen-bond donors (Lipinski definition) is 0. The molecule has 0 atom stereocenters. The molecule has 0 N–H and O–H groups in total. The van der Waals surface area contributed by atoms with Crippen molar-refractivity contribution >= 4 is 94.2 Å². The molecule has 1 heterocycles. The molecule has 0 aromatic rings. The van der Waals surface area contributed by atoms with Gasteiger partial charge in [0.2, 0.25) is 0 Å². The van der Waals surface area contributed by atoms with E-state index in [4.69, 9.17) is 45.3 Å². The van der Waals surface area contributed by atoms with E-state index in [0.29, 0.717) is 66.5 Å². The van der Waals surface area contributed by atoms with Crippen LogP contribution >= 0.6 is 0 Å². The Kier molecular flexibility index (Phi) is 25.3. The molecule has 66 heavy (non-hydrogen) atoms. The van der Waals surface area contributed by atoms with Gasteiger partial charge in [0, 0.05) is 0 Å². The quantitative estimate of drug-likeness (QED) is 0.0969. The molecule has 0 saturated carbocycles. The van der Waals surface area contributed by atoms with Gasteiger partial charge in [-0.15, -0.1) is 72.4 Å². The molecule has 11 nitrogen and oxygen atoms in total. The van der Waals surface area contributed by atoms with Gasteiger partial charge < -0.3 is 45.3 Å². The number of rotatable bonds is 22. The molecule has 1 rings (SSSR count). The Morgan fingerprint density at radius 1 is 0.182 bits per heavy atom. The molecule has 374 valence electrons. The Hall–Kier alpha value is -0.914. The monoisotopic (exact) mass is 1100 g/mol. The second-order valence-electron chi connectivity index (χ2n) is 16.2. The zero-order valence-electron chi connectivity index (χ0n) is 42.9. The molecule has 0 aromatic carbocycles. The third-order valence-electron chi connectivity index (χ3n) is 12.6. The molecule has 0 bridgehead atoms. The van der Waals surface area contributed by atoms with Gasteiger partial charge in [0.15, 0.2) is 0 Å². The minimum Gasteiger partial charge on any atom is -0.409 e. The van der Waals surface area contributed by atoms with Crippen LogP contribution in [0.3, 0.4) is 0 Å². The van der Waals surface area contributed by atoms with Gasteiger partial charge in [-0.2, -0.15) is 0 Å². The molecule has 0 aliphatic carbocycles. The summed E-state index contributed by atoms with van der Waals surface area (Å²) in [6, 6.07) is 5.46. The van der Waals surface area contributed by atoms with Gasteiger partial charge >= 0.3 is 94.2 Å². The predicted octanol–water partition coefficient (Wildman–Crippen LogP) is 13.2. The molecular formula is C44H88O11Si11. The smallest absolute Gasteiger partial charge is 0.347 e. The van der Waals surface area contributed by atoms with Gasteiger partial charge in [0.1, 0.15) is 0 Å². The van der Waals surface area contributed by atoms with Crippen LogP contribution in [0, 0.1) is 0 Å². The average molecular weight is 1100 g/mol. The zero-order valence-corrected chi connectivity index (χ0v) is 53.9. The summed E-state index contributed by atoms with van der Waals surface area (Å²) >= 11 is 0. The van der Waals surface area contributed by atoms with Crippen molar-refractivity contribution in [1.29, 1.82) is 0 Å². The van der Waals surface area contributed by atoms with Crippen molar-refractivity contribution in [1.82, 2.24) is 0 Å². The average Bonchev–Trinajstić information content (AvgIpc) is 3.37. The van der Waals surface area contributed by atoms with Crippen LogP contribution in [0.15, 0.2) is 135 Å². The summed E-state index contributed by atoms with van der Waals surface area (Å²) in [5.41, 5.74) is 20.1. The first-order valence-corrected chi connectivity index (χ1v) is 46.9. The Labute approximate surface area is 414 Å². The number of hydrogen-bond acceptors (Lipinski definition) is 11. The second kappa shape index (κ2) is 26.5. The van der Waals surface area contributed by atoms with Crippen LogP contribution in [0.1, 0.15) is 76.2 Å². The summed E-state index contributed by atoms with van der Waals surface area (Å²) in [5.74, 6) is 0. The van der Waals surface area contributed by atoms with E-state index in [2.05, 4.69) is 72.4 Å². The fourth-order valence-corrected chi connectivity index (χ4v) is 62.4. The minimum atomic E-state index is -3.45. The van der Waals surface area contributed by atoms with Crippen molar-refractivity contribution in [3.63, 3.8) is 0 Å². The first-order valence-electron chi connectivity index (χ1n) is 23.8. The molecule has 1 fully saturated rings. The lowest BCUT2D eigenvalue weighted by molar-refractivity contribution is 0.241. The highest BCUT2D eigenvalue weighted by Crippen LogP contribution is 2.41. The van der Waals surface area contributed by atoms with Crippen molar-refractivity contribution in [2.75, 3.05) is 0 Å². The van der Waals surface area contributed by atoms with E-state index in [1.165, 1.54) is 0 Å². The van der Waals surface area contributed by atoms with Crippen molar-refractivity contribution in [2.24, 2.45) is 0 Å². The van der Waals surface area contributed by atoms with Crippen LogP contribution in [0.5, 0.6) is 0 Å². The standard InChI is InChI=1S/C44H88O11Si11/c1-23-56(24-2)45-57(25-3,26-4)47-59(29-7,30-8)49-61(33-11,34-12)51-63(37-15,38-16)53-65(41-19,42-20)55-66(43-21,44-22)54-64(39-17,40-18)52-62(35-13,36-14)50-60(31-9,32-10)48-58(27-5,28-6)46-56/h23,25,27,29,31,33,35,37,39,41,43H,1,3,5,7,9,11,13,15,17,19,21,24,26,28,30,32,34,36,38,40,42,44H2,2,4,6,8,10,12,14,16,18,20,22H3. The Bertz CT molecular complexity index is 1270. The van der Waals surface area contributed by atoms with Crippen LogP contribution < -0.4 is 0 Å². The maximum atomic E-state index is 7.44. The SMILES string of the molecule is C=C[Si]1(CC)O[Si](C=C)(CC)O[Si](C=C)(CC)O[Si](C=C)(CC)O[Si](C=C)(CC)O[Si](C=C)(CC)O[Si](C=C)(CC)O[Si](C=C)(CC)O[Si](C=C)(CC)O[Si](C=C)(CC)O[Si](C=C)(CC)O1. The molecule has 0 amide bonds. The van der Waals surface area contributed by atoms with Crippen molar-refractivity contribution in [3.05, 3.63) is 135 Å². The molecule has 0 unspecified atom stereocenters. The normalized spacial score (nSPS) is 40.2. The van der Waals surface area contributed by atoms with Crippen molar-refractivity contribution in [2.45, 2.75) is 143 Å². The van der Waals surface area contributed by atoms with Gasteiger partial charge in [0.25, 0.3) is 0 Å². The molecule has 0 spiro atoms.